The second-order valence-corrected chi connectivity index (χ2v) is 4.16. The van der Waals surface area contributed by atoms with Crippen LogP contribution in [0.4, 0.5) is 4.39 Å². The summed E-state index contributed by atoms with van der Waals surface area (Å²) in [6, 6.07) is 4.57. The van der Waals surface area contributed by atoms with Gasteiger partial charge in [-0.25, -0.2) is 4.39 Å². The molecule has 3 N–H and O–H groups in total. The Kier molecular flexibility index (Phi) is 3.71. The van der Waals surface area contributed by atoms with Gasteiger partial charge >= 0.3 is 0 Å². The van der Waals surface area contributed by atoms with Gasteiger partial charge in [0.25, 0.3) is 0 Å². The molecule has 0 unspecified atom stereocenters. The minimum absolute atomic E-state index is 0.00427. The highest BCUT2D eigenvalue weighted by Crippen LogP contribution is 2.11. The van der Waals surface area contributed by atoms with Crippen LogP contribution in [0.1, 0.15) is 11.1 Å². The van der Waals surface area contributed by atoms with E-state index in [0.29, 0.717) is 25.2 Å². The highest BCUT2D eigenvalue weighted by Gasteiger charge is 2.24. The van der Waals surface area contributed by atoms with E-state index in [4.69, 9.17) is 5.11 Å². The molecule has 0 bridgehead atoms. The van der Waals surface area contributed by atoms with E-state index in [1.165, 1.54) is 12.1 Å². The Morgan fingerprint density at radius 3 is 2.82 bits per heavy atom. The molecule has 17 heavy (non-hydrogen) atoms. The number of carbonyl (C=O) groups excluding carboxylic acids is 1. The van der Waals surface area contributed by atoms with E-state index in [2.05, 4.69) is 10.6 Å². The lowest BCUT2D eigenvalue weighted by molar-refractivity contribution is -0.126. The number of hydrogen-bond donors (Lipinski definition) is 3. The third kappa shape index (κ3) is 2.81. The maximum absolute atomic E-state index is 13.3. The number of amides is 1. The molecule has 1 aliphatic rings. The first-order chi connectivity index (χ1) is 8.20. The molecular formula is C12H15FN2O2. The van der Waals surface area contributed by atoms with Crippen LogP contribution in [0, 0.1) is 11.7 Å². The van der Waals surface area contributed by atoms with Crippen LogP contribution < -0.4 is 10.6 Å². The van der Waals surface area contributed by atoms with Crippen molar-refractivity contribution in [2.75, 3.05) is 13.1 Å². The molecule has 92 valence electrons. The van der Waals surface area contributed by atoms with Gasteiger partial charge in [-0.05, 0) is 11.6 Å². The van der Waals surface area contributed by atoms with Crippen LogP contribution >= 0.6 is 0 Å². The Bertz CT molecular complexity index is 419. The molecule has 1 heterocycles. The monoisotopic (exact) mass is 238 g/mol. The molecule has 5 heteroatoms. The summed E-state index contributed by atoms with van der Waals surface area (Å²) in [6.07, 6.45) is 0. The van der Waals surface area contributed by atoms with E-state index in [9.17, 15) is 9.18 Å². The highest BCUT2D eigenvalue weighted by atomic mass is 19.1. The lowest BCUT2D eigenvalue weighted by Crippen LogP contribution is -2.50. The zero-order chi connectivity index (χ0) is 12.3. The van der Waals surface area contributed by atoms with E-state index >= 15 is 0 Å². The van der Waals surface area contributed by atoms with Gasteiger partial charge in [0.15, 0.2) is 0 Å². The first kappa shape index (κ1) is 12.0. The second kappa shape index (κ2) is 5.25. The van der Waals surface area contributed by atoms with Crippen LogP contribution in [0.15, 0.2) is 18.2 Å². The minimum atomic E-state index is -0.440. The molecule has 0 radical (unpaired) electrons. The van der Waals surface area contributed by atoms with Gasteiger partial charge in [-0.1, -0.05) is 12.1 Å². The van der Waals surface area contributed by atoms with Gasteiger partial charge in [0.05, 0.1) is 12.5 Å². The van der Waals surface area contributed by atoms with Gasteiger partial charge in [0.2, 0.25) is 5.91 Å². The molecule has 2 rings (SSSR count). The summed E-state index contributed by atoms with van der Waals surface area (Å²) >= 11 is 0. The quantitative estimate of drug-likeness (QED) is 0.700. The third-order valence-corrected chi connectivity index (χ3v) is 2.91. The number of hydrogen-bond acceptors (Lipinski definition) is 3. The number of aliphatic hydroxyl groups is 1. The van der Waals surface area contributed by atoms with Crippen LogP contribution in [-0.2, 0) is 17.9 Å². The fraction of sp³-hybridized carbons (Fsp3) is 0.417. The second-order valence-electron chi connectivity index (χ2n) is 4.16. The number of nitrogens with one attached hydrogen (secondary N) is 2. The molecule has 1 amide bonds. The van der Waals surface area contributed by atoms with E-state index in [0.717, 1.165) is 0 Å². The summed E-state index contributed by atoms with van der Waals surface area (Å²) in [5.41, 5.74) is 0.962. The SMILES string of the molecule is O=C(NCc1ccc(CO)c(F)c1)C1CNC1. The van der Waals surface area contributed by atoms with Crippen molar-refractivity contribution in [3.05, 3.63) is 35.1 Å². The highest BCUT2D eigenvalue weighted by molar-refractivity contribution is 5.79. The lowest BCUT2D eigenvalue weighted by Gasteiger charge is -2.25. The maximum atomic E-state index is 13.3. The lowest BCUT2D eigenvalue weighted by atomic mass is 10.0. The number of aliphatic hydroxyl groups excluding tert-OH is 1. The fourth-order valence-corrected chi connectivity index (χ4v) is 1.64. The van der Waals surface area contributed by atoms with Gasteiger partial charge < -0.3 is 15.7 Å². The third-order valence-electron chi connectivity index (χ3n) is 2.91. The number of carbonyl (C=O) groups is 1. The first-order valence-corrected chi connectivity index (χ1v) is 5.57. The Morgan fingerprint density at radius 2 is 2.29 bits per heavy atom. The van der Waals surface area contributed by atoms with Crippen LogP contribution in [0.2, 0.25) is 0 Å². The average Bonchev–Trinajstić information content (AvgIpc) is 2.24. The molecular weight excluding hydrogens is 223 g/mol. The maximum Gasteiger partial charge on any atom is 0.225 e. The molecule has 1 aromatic carbocycles. The topological polar surface area (TPSA) is 61.4 Å². The van der Waals surface area contributed by atoms with E-state index in [-0.39, 0.29) is 24.0 Å². The normalized spacial score (nSPS) is 15.4. The van der Waals surface area contributed by atoms with Crippen molar-refractivity contribution < 1.29 is 14.3 Å². The van der Waals surface area contributed by atoms with E-state index < -0.39 is 5.82 Å². The zero-order valence-corrected chi connectivity index (χ0v) is 9.37. The van der Waals surface area contributed by atoms with Crippen molar-refractivity contribution >= 4 is 5.91 Å². The minimum Gasteiger partial charge on any atom is -0.392 e. The number of benzene rings is 1. The summed E-state index contributed by atoms with van der Waals surface area (Å²) in [5.74, 6) is -0.406. The number of halogens is 1. The van der Waals surface area contributed by atoms with Gasteiger partial charge in [0.1, 0.15) is 5.82 Å². The summed E-state index contributed by atoms with van der Waals surface area (Å²) < 4.78 is 13.3. The summed E-state index contributed by atoms with van der Waals surface area (Å²) in [6.45, 7) is 1.43. The molecule has 0 saturated carbocycles. The van der Waals surface area contributed by atoms with Crippen LogP contribution in [-0.4, -0.2) is 24.1 Å². The Morgan fingerprint density at radius 1 is 1.53 bits per heavy atom. The summed E-state index contributed by atoms with van der Waals surface area (Å²) in [4.78, 5) is 11.5. The van der Waals surface area contributed by atoms with Crippen molar-refractivity contribution in [3.63, 3.8) is 0 Å². The van der Waals surface area contributed by atoms with Gasteiger partial charge in [-0.15, -0.1) is 0 Å². The average molecular weight is 238 g/mol. The summed E-state index contributed by atoms with van der Waals surface area (Å²) in [7, 11) is 0. The van der Waals surface area contributed by atoms with Gasteiger partial charge in [-0.2, -0.15) is 0 Å². The van der Waals surface area contributed by atoms with Gasteiger partial charge in [0, 0.05) is 25.2 Å². The predicted molar refractivity (Wildman–Crippen MR) is 60.5 cm³/mol. The van der Waals surface area contributed by atoms with E-state index in [1.54, 1.807) is 6.07 Å². The smallest absolute Gasteiger partial charge is 0.225 e. The molecule has 1 aliphatic heterocycles. The van der Waals surface area contributed by atoms with Crippen molar-refractivity contribution in [1.82, 2.24) is 10.6 Å². The molecule has 0 aliphatic carbocycles. The molecule has 4 nitrogen and oxygen atoms in total. The largest absolute Gasteiger partial charge is 0.392 e. The van der Waals surface area contributed by atoms with E-state index in [1.807, 2.05) is 0 Å². The molecule has 1 fully saturated rings. The molecule has 0 spiro atoms. The fourth-order valence-electron chi connectivity index (χ4n) is 1.64. The van der Waals surface area contributed by atoms with Gasteiger partial charge in [-0.3, -0.25) is 4.79 Å². The summed E-state index contributed by atoms with van der Waals surface area (Å²) in [5, 5.41) is 14.6. The van der Waals surface area contributed by atoms with Crippen LogP contribution in [0.25, 0.3) is 0 Å². The molecule has 0 aromatic heterocycles. The van der Waals surface area contributed by atoms with Crippen molar-refractivity contribution in [3.8, 4) is 0 Å². The number of rotatable bonds is 4. The standard InChI is InChI=1S/C12H15FN2O2/c13-11-3-8(1-2-9(11)7-16)4-15-12(17)10-5-14-6-10/h1-3,10,14,16H,4-7H2,(H,15,17). The first-order valence-electron chi connectivity index (χ1n) is 5.57. The van der Waals surface area contributed by atoms with Crippen molar-refractivity contribution in [2.24, 2.45) is 5.92 Å². The Balaban J connectivity index is 1.90. The predicted octanol–water partition coefficient (Wildman–Crippen LogP) is 0.154. The Labute approximate surface area is 98.8 Å². The molecule has 1 aromatic rings. The zero-order valence-electron chi connectivity index (χ0n) is 9.37. The van der Waals surface area contributed by atoms with Crippen LogP contribution in [0.3, 0.4) is 0 Å². The van der Waals surface area contributed by atoms with Crippen molar-refractivity contribution in [1.29, 1.82) is 0 Å². The molecule has 1 saturated heterocycles. The Hall–Kier alpha value is -1.46. The van der Waals surface area contributed by atoms with Crippen molar-refractivity contribution in [2.45, 2.75) is 13.2 Å². The van der Waals surface area contributed by atoms with Crippen LogP contribution in [0.5, 0.6) is 0 Å². The molecule has 0 atom stereocenters.